The number of thioether (sulfide) groups is 1. The van der Waals surface area contributed by atoms with Gasteiger partial charge in [-0.1, -0.05) is 54.3 Å². The van der Waals surface area contributed by atoms with Crippen LogP contribution in [-0.2, 0) is 23.1 Å². The number of pyridine rings is 1. The summed E-state index contributed by atoms with van der Waals surface area (Å²) in [5, 5.41) is 9.70. The van der Waals surface area contributed by atoms with Crippen LogP contribution in [0.1, 0.15) is 29.2 Å². The fourth-order valence-electron chi connectivity index (χ4n) is 4.44. The number of hydrogen-bond acceptors (Lipinski definition) is 8. The average molecular weight is 538 g/mol. The fourth-order valence-corrected chi connectivity index (χ4v) is 5.68. The predicted octanol–water partition coefficient (Wildman–Crippen LogP) is 3.25. The molecule has 192 valence electrons. The summed E-state index contributed by atoms with van der Waals surface area (Å²) < 4.78 is 7.01. The van der Waals surface area contributed by atoms with Crippen molar-refractivity contribution in [3.63, 3.8) is 0 Å². The van der Waals surface area contributed by atoms with Crippen molar-refractivity contribution in [1.29, 1.82) is 5.26 Å². The van der Waals surface area contributed by atoms with E-state index in [-0.39, 0.29) is 17.6 Å². The van der Waals surface area contributed by atoms with Crippen LogP contribution in [-0.4, -0.2) is 63.5 Å². The fraction of sp³-hybridized carbons (Fsp3) is 0.346. The summed E-state index contributed by atoms with van der Waals surface area (Å²) in [4.78, 5) is 44.1. The zero-order valence-corrected chi connectivity index (χ0v) is 22.5. The normalized spacial score (nSPS) is 16.9. The van der Waals surface area contributed by atoms with E-state index >= 15 is 0 Å². The standard InChI is InChI=1S/C26H27N5O4S2/c1-4-35-25(34)30-12-10-29(11-13-30)22-19(17(2)20(15-27)23(32)28(22)3)14-21-24(33)31(26(36)37-21)16-18-8-6-5-7-9-18/h5-9,14H,4,10-13,16H2,1-3H3. The zero-order chi connectivity index (χ0) is 26.7. The van der Waals surface area contributed by atoms with Crippen LogP contribution in [0.3, 0.4) is 0 Å². The quantitative estimate of drug-likeness (QED) is 0.424. The number of hydrogen-bond donors (Lipinski definition) is 0. The van der Waals surface area contributed by atoms with Crippen LogP contribution in [0.5, 0.6) is 0 Å². The van der Waals surface area contributed by atoms with Gasteiger partial charge in [0.25, 0.3) is 11.5 Å². The van der Waals surface area contributed by atoms with Gasteiger partial charge in [0.05, 0.1) is 18.1 Å². The van der Waals surface area contributed by atoms with E-state index in [4.69, 9.17) is 17.0 Å². The van der Waals surface area contributed by atoms with Gasteiger partial charge in [0.2, 0.25) is 0 Å². The first-order chi connectivity index (χ1) is 17.8. The van der Waals surface area contributed by atoms with Gasteiger partial charge < -0.3 is 14.5 Å². The Morgan fingerprint density at radius 2 is 1.86 bits per heavy atom. The largest absolute Gasteiger partial charge is 0.450 e. The topological polar surface area (TPSA) is 98.9 Å². The van der Waals surface area contributed by atoms with E-state index in [0.717, 1.165) is 5.56 Å². The summed E-state index contributed by atoms with van der Waals surface area (Å²) >= 11 is 6.72. The van der Waals surface area contributed by atoms with Gasteiger partial charge in [0, 0.05) is 38.8 Å². The summed E-state index contributed by atoms with van der Waals surface area (Å²) in [6.07, 6.45) is 1.36. The molecule has 3 heterocycles. The molecule has 2 aliphatic rings. The van der Waals surface area contributed by atoms with Crippen molar-refractivity contribution in [2.45, 2.75) is 20.4 Å². The number of anilines is 1. The molecule has 2 aliphatic heterocycles. The second-order valence-electron chi connectivity index (χ2n) is 8.64. The Morgan fingerprint density at radius 3 is 2.49 bits per heavy atom. The van der Waals surface area contributed by atoms with Gasteiger partial charge in [-0.2, -0.15) is 5.26 Å². The lowest BCUT2D eigenvalue weighted by Crippen LogP contribution is -2.50. The Labute approximate surface area is 224 Å². The number of thiocarbonyl (C=S) groups is 1. The Hall–Kier alpha value is -3.62. The number of amides is 2. The van der Waals surface area contributed by atoms with Crippen LogP contribution in [0.25, 0.3) is 6.08 Å². The molecular weight excluding hydrogens is 510 g/mol. The molecule has 2 saturated heterocycles. The highest BCUT2D eigenvalue weighted by atomic mass is 32.2. The van der Waals surface area contributed by atoms with Crippen LogP contribution in [0.15, 0.2) is 40.0 Å². The van der Waals surface area contributed by atoms with Crippen molar-refractivity contribution in [3.8, 4) is 6.07 Å². The minimum atomic E-state index is -0.406. The number of rotatable bonds is 5. The van der Waals surface area contributed by atoms with Gasteiger partial charge in [-0.3, -0.25) is 19.1 Å². The number of nitriles is 1. The first kappa shape index (κ1) is 26.4. The molecule has 2 fully saturated rings. The van der Waals surface area contributed by atoms with E-state index in [0.29, 0.717) is 65.5 Å². The molecule has 2 amide bonds. The third-order valence-electron chi connectivity index (χ3n) is 6.41. The summed E-state index contributed by atoms with van der Waals surface area (Å²) in [5.74, 6) is 0.377. The van der Waals surface area contributed by atoms with Gasteiger partial charge in [0.15, 0.2) is 0 Å². The summed E-state index contributed by atoms with van der Waals surface area (Å²) in [6.45, 7) is 5.92. The highest BCUT2D eigenvalue weighted by Gasteiger charge is 2.33. The highest BCUT2D eigenvalue weighted by Crippen LogP contribution is 2.36. The maximum atomic E-state index is 13.4. The molecule has 11 heteroatoms. The van der Waals surface area contributed by atoms with Gasteiger partial charge in [-0.05, 0) is 31.1 Å². The van der Waals surface area contributed by atoms with E-state index in [1.165, 1.54) is 16.3 Å². The molecular formula is C26H27N5O4S2. The van der Waals surface area contributed by atoms with E-state index in [1.54, 1.807) is 36.8 Å². The molecule has 0 aliphatic carbocycles. The van der Waals surface area contributed by atoms with E-state index in [1.807, 2.05) is 41.3 Å². The lowest BCUT2D eigenvalue weighted by Gasteiger charge is -2.37. The number of aromatic nitrogens is 1. The summed E-state index contributed by atoms with van der Waals surface area (Å²) in [7, 11) is 1.62. The molecule has 0 bridgehead atoms. The van der Waals surface area contributed by atoms with Gasteiger partial charge >= 0.3 is 6.09 Å². The minimum absolute atomic E-state index is 0.0300. The SMILES string of the molecule is CCOC(=O)N1CCN(c2c(C=C3SC(=S)N(Cc4ccccc4)C3=O)c(C)c(C#N)c(=O)n2C)CC1. The number of piperazine rings is 1. The molecule has 1 aromatic carbocycles. The molecule has 1 aromatic heterocycles. The highest BCUT2D eigenvalue weighted by molar-refractivity contribution is 8.26. The number of carbonyl (C=O) groups is 2. The average Bonchev–Trinajstić information content (AvgIpc) is 3.16. The molecule has 2 aromatic rings. The Morgan fingerprint density at radius 1 is 1.19 bits per heavy atom. The van der Waals surface area contributed by atoms with E-state index in [9.17, 15) is 19.6 Å². The summed E-state index contributed by atoms with van der Waals surface area (Å²) in [6, 6.07) is 11.6. The van der Waals surface area contributed by atoms with Gasteiger partial charge in [-0.15, -0.1) is 0 Å². The van der Waals surface area contributed by atoms with E-state index < -0.39 is 5.56 Å². The molecule has 0 saturated carbocycles. The number of carbonyl (C=O) groups excluding carboxylic acids is 2. The maximum absolute atomic E-state index is 13.4. The minimum Gasteiger partial charge on any atom is -0.450 e. The molecule has 9 nitrogen and oxygen atoms in total. The molecule has 0 spiro atoms. The van der Waals surface area contributed by atoms with Crippen LogP contribution in [0.2, 0.25) is 0 Å². The lowest BCUT2D eigenvalue weighted by molar-refractivity contribution is -0.122. The molecule has 0 radical (unpaired) electrons. The molecule has 0 N–H and O–H groups in total. The van der Waals surface area contributed by atoms with Crippen LogP contribution in [0.4, 0.5) is 10.6 Å². The molecule has 37 heavy (non-hydrogen) atoms. The summed E-state index contributed by atoms with van der Waals surface area (Å²) in [5.41, 5.74) is 1.70. The van der Waals surface area contributed by atoms with Gasteiger partial charge in [-0.25, -0.2) is 4.79 Å². The van der Waals surface area contributed by atoms with Crippen molar-refractivity contribution in [2.24, 2.45) is 7.05 Å². The first-order valence-electron chi connectivity index (χ1n) is 11.9. The van der Waals surface area contributed by atoms with Crippen LogP contribution in [0, 0.1) is 18.3 Å². The molecule has 0 unspecified atom stereocenters. The number of nitrogens with zero attached hydrogens (tertiary/aromatic N) is 5. The number of benzene rings is 1. The molecule has 4 rings (SSSR count). The van der Waals surface area contributed by atoms with Gasteiger partial charge in [0.1, 0.15) is 21.8 Å². The Bertz CT molecular complexity index is 1370. The van der Waals surface area contributed by atoms with Crippen molar-refractivity contribution in [2.75, 3.05) is 37.7 Å². The maximum Gasteiger partial charge on any atom is 0.409 e. The van der Waals surface area contributed by atoms with E-state index in [2.05, 4.69) is 0 Å². The van der Waals surface area contributed by atoms with Crippen LogP contribution >= 0.6 is 24.0 Å². The number of ether oxygens (including phenoxy) is 1. The first-order valence-corrected chi connectivity index (χ1v) is 13.1. The predicted molar refractivity (Wildman–Crippen MR) is 147 cm³/mol. The van der Waals surface area contributed by atoms with Crippen molar-refractivity contribution in [1.82, 2.24) is 14.4 Å². The van der Waals surface area contributed by atoms with Crippen molar-refractivity contribution in [3.05, 3.63) is 67.8 Å². The van der Waals surface area contributed by atoms with Crippen molar-refractivity contribution >= 4 is 52.2 Å². The lowest BCUT2D eigenvalue weighted by atomic mass is 10.0. The zero-order valence-electron chi connectivity index (χ0n) is 20.9. The second kappa shape index (κ2) is 11.2. The third-order valence-corrected chi connectivity index (χ3v) is 7.78. The third kappa shape index (κ3) is 5.26. The molecule has 0 atom stereocenters. The van der Waals surface area contributed by atoms with Crippen molar-refractivity contribution < 1.29 is 14.3 Å². The second-order valence-corrected chi connectivity index (χ2v) is 10.3. The Balaban J connectivity index is 1.70. The van der Waals surface area contributed by atoms with Crippen LogP contribution < -0.4 is 10.5 Å². The Kier molecular flexibility index (Phi) is 8.00. The smallest absolute Gasteiger partial charge is 0.409 e. The monoisotopic (exact) mass is 537 g/mol.